The summed E-state index contributed by atoms with van der Waals surface area (Å²) in [6.45, 7) is 3.95. The smallest absolute Gasteiger partial charge is 0.335 e. The van der Waals surface area contributed by atoms with Crippen LogP contribution in [0.25, 0.3) is 17.4 Å². The molecule has 0 radical (unpaired) electrons. The molecule has 0 unspecified atom stereocenters. The van der Waals surface area contributed by atoms with Crippen molar-refractivity contribution >= 4 is 63.8 Å². The predicted molar refractivity (Wildman–Crippen MR) is 132 cm³/mol. The van der Waals surface area contributed by atoms with Crippen molar-refractivity contribution in [1.82, 2.24) is 4.90 Å². The number of furan rings is 1. The zero-order valence-corrected chi connectivity index (χ0v) is 19.3. The van der Waals surface area contributed by atoms with E-state index >= 15 is 0 Å². The molecule has 9 heteroatoms. The summed E-state index contributed by atoms with van der Waals surface area (Å²) in [6.07, 6.45) is 3.21. The fourth-order valence-corrected chi connectivity index (χ4v) is 4.70. The van der Waals surface area contributed by atoms with E-state index < -0.39 is 5.97 Å². The van der Waals surface area contributed by atoms with E-state index in [1.165, 1.54) is 17.0 Å². The molecule has 1 amide bonds. The van der Waals surface area contributed by atoms with Gasteiger partial charge in [0.2, 0.25) is 0 Å². The zero-order valence-electron chi connectivity index (χ0n) is 17.0. The molecule has 3 aromatic rings. The summed E-state index contributed by atoms with van der Waals surface area (Å²) in [5, 5.41) is 10.5. The minimum atomic E-state index is -1.05. The molecule has 1 saturated heterocycles. The van der Waals surface area contributed by atoms with Crippen LogP contribution in [0.4, 0.5) is 5.69 Å². The molecule has 2 aromatic carbocycles. The normalized spacial score (nSPS) is 16.1. The standard InChI is InChI=1S/C24H16Cl2N2O4S/c1-2-11-28-22(29)20(33-24(28)27-15-6-3-5-14(12-15)23(30)31)13-16-9-10-19(32-16)21-17(25)7-4-8-18(21)26/h2-10,12-13H,1,11H2,(H,30,31)/b20-13+,27-24?. The number of hydrogen-bond acceptors (Lipinski definition) is 5. The first-order chi connectivity index (χ1) is 15.9. The number of carbonyl (C=O) groups is 2. The van der Waals surface area contributed by atoms with Crippen LogP contribution >= 0.6 is 35.0 Å². The number of amides is 1. The first-order valence-electron chi connectivity index (χ1n) is 9.66. The lowest BCUT2D eigenvalue weighted by Crippen LogP contribution is -2.29. The number of aromatic carboxylic acids is 1. The monoisotopic (exact) mass is 498 g/mol. The first-order valence-corrected chi connectivity index (χ1v) is 11.2. The lowest BCUT2D eigenvalue weighted by atomic mass is 10.2. The van der Waals surface area contributed by atoms with Crippen molar-refractivity contribution < 1.29 is 19.1 Å². The quantitative estimate of drug-likeness (QED) is 0.300. The molecule has 0 spiro atoms. The van der Waals surface area contributed by atoms with E-state index in [4.69, 9.17) is 27.6 Å². The molecule has 0 saturated carbocycles. The SMILES string of the molecule is C=CCN1C(=O)/C(=C\c2ccc(-c3c(Cl)cccc3Cl)o2)SC1=Nc1cccc(C(=O)O)c1. The number of thioether (sulfide) groups is 1. The van der Waals surface area contributed by atoms with E-state index in [1.54, 1.807) is 54.6 Å². The Morgan fingerprint density at radius 3 is 2.58 bits per heavy atom. The van der Waals surface area contributed by atoms with Crippen LogP contribution in [0, 0.1) is 0 Å². The van der Waals surface area contributed by atoms with Gasteiger partial charge in [-0.2, -0.15) is 0 Å². The number of aliphatic imine (C=N–C) groups is 1. The molecule has 166 valence electrons. The zero-order chi connectivity index (χ0) is 23.5. The maximum absolute atomic E-state index is 13.0. The molecular formula is C24H16Cl2N2O4S. The van der Waals surface area contributed by atoms with Crippen LogP contribution in [0.1, 0.15) is 16.1 Å². The second kappa shape index (κ2) is 9.70. The van der Waals surface area contributed by atoms with Crippen LogP contribution in [0.2, 0.25) is 10.0 Å². The number of halogens is 2. The first kappa shape index (κ1) is 22.9. The van der Waals surface area contributed by atoms with E-state index in [0.29, 0.717) is 42.9 Å². The number of carboxylic acid groups (broad SMARTS) is 1. The third-order valence-electron chi connectivity index (χ3n) is 4.63. The minimum absolute atomic E-state index is 0.110. The van der Waals surface area contributed by atoms with Crippen LogP contribution in [0.3, 0.4) is 0 Å². The number of rotatable bonds is 6. The van der Waals surface area contributed by atoms with Crippen molar-refractivity contribution in [3.05, 3.63) is 93.5 Å². The van der Waals surface area contributed by atoms with E-state index in [1.807, 2.05) is 0 Å². The van der Waals surface area contributed by atoms with Gasteiger partial charge in [0.05, 0.1) is 31.8 Å². The summed E-state index contributed by atoms with van der Waals surface area (Å²) in [5.74, 6) is -0.385. The topological polar surface area (TPSA) is 83.1 Å². The maximum atomic E-state index is 13.0. The summed E-state index contributed by atoms with van der Waals surface area (Å²) in [6, 6.07) is 14.8. The Kier molecular flexibility index (Phi) is 6.74. The Bertz CT molecular complexity index is 1310. The van der Waals surface area contributed by atoms with Gasteiger partial charge >= 0.3 is 5.97 Å². The summed E-state index contributed by atoms with van der Waals surface area (Å²) < 4.78 is 5.88. The van der Waals surface area contributed by atoms with Crippen LogP contribution in [0.5, 0.6) is 0 Å². The molecule has 4 rings (SSSR count). The van der Waals surface area contributed by atoms with Crippen LogP contribution < -0.4 is 0 Å². The van der Waals surface area contributed by atoms with Gasteiger partial charge in [0.1, 0.15) is 11.5 Å². The largest absolute Gasteiger partial charge is 0.478 e. The summed E-state index contributed by atoms with van der Waals surface area (Å²) in [7, 11) is 0. The third-order valence-corrected chi connectivity index (χ3v) is 6.26. The molecular weight excluding hydrogens is 483 g/mol. The fraction of sp³-hybridized carbons (Fsp3) is 0.0417. The Balaban J connectivity index is 1.66. The Morgan fingerprint density at radius 2 is 1.88 bits per heavy atom. The van der Waals surface area contributed by atoms with Crippen LogP contribution in [0.15, 0.2) is 81.6 Å². The molecule has 1 fully saturated rings. The van der Waals surface area contributed by atoms with Crippen LogP contribution in [-0.2, 0) is 4.79 Å². The number of carbonyl (C=O) groups excluding carboxylic acids is 1. The third kappa shape index (κ3) is 4.90. The second-order valence-electron chi connectivity index (χ2n) is 6.86. The van der Waals surface area contributed by atoms with Gasteiger partial charge in [-0.05, 0) is 54.2 Å². The number of carboxylic acids is 1. The fourth-order valence-electron chi connectivity index (χ4n) is 3.13. The average Bonchev–Trinajstić information content (AvgIpc) is 3.34. The van der Waals surface area contributed by atoms with Gasteiger partial charge in [-0.1, -0.05) is 41.4 Å². The molecule has 1 aliphatic heterocycles. The van der Waals surface area contributed by atoms with Crippen molar-refractivity contribution in [3.63, 3.8) is 0 Å². The second-order valence-corrected chi connectivity index (χ2v) is 8.69. The minimum Gasteiger partial charge on any atom is -0.478 e. The Labute approximate surface area is 203 Å². The van der Waals surface area contributed by atoms with Gasteiger partial charge in [0.15, 0.2) is 5.17 Å². The highest BCUT2D eigenvalue weighted by Crippen LogP contribution is 2.38. The van der Waals surface area contributed by atoms with Gasteiger partial charge in [-0.3, -0.25) is 9.69 Å². The van der Waals surface area contributed by atoms with E-state index in [9.17, 15) is 14.7 Å². The molecule has 0 aliphatic carbocycles. The molecule has 1 aromatic heterocycles. The van der Waals surface area contributed by atoms with Gasteiger partial charge < -0.3 is 9.52 Å². The molecule has 0 atom stereocenters. The van der Waals surface area contributed by atoms with Gasteiger partial charge in [0, 0.05) is 12.6 Å². The lowest BCUT2D eigenvalue weighted by Gasteiger charge is -2.12. The van der Waals surface area contributed by atoms with E-state index in [-0.39, 0.29) is 18.0 Å². The van der Waals surface area contributed by atoms with Crippen molar-refractivity contribution in [3.8, 4) is 11.3 Å². The molecule has 1 N–H and O–H groups in total. The summed E-state index contributed by atoms with van der Waals surface area (Å²) >= 11 is 13.7. The van der Waals surface area contributed by atoms with E-state index in [2.05, 4.69) is 11.6 Å². The van der Waals surface area contributed by atoms with Crippen molar-refractivity contribution in [1.29, 1.82) is 0 Å². The maximum Gasteiger partial charge on any atom is 0.335 e. The number of nitrogens with zero attached hydrogens (tertiary/aromatic N) is 2. The molecule has 2 heterocycles. The number of amidine groups is 1. The highest BCUT2D eigenvalue weighted by Gasteiger charge is 2.33. The lowest BCUT2D eigenvalue weighted by molar-refractivity contribution is -0.121. The molecule has 1 aliphatic rings. The van der Waals surface area contributed by atoms with Crippen LogP contribution in [-0.4, -0.2) is 33.6 Å². The van der Waals surface area contributed by atoms with Crippen molar-refractivity contribution in [2.24, 2.45) is 4.99 Å². The summed E-state index contributed by atoms with van der Waals surface area (Å²) in [5.41, 5.74) is 1.11. The molecule has 0 bridgehead atoms. The van der Waals surface area contributed by atoms with Gasteiger partial charge in [0.25, 0.3) is 5.91 Å². The van der Waals surface area contributed by atoms with E-state index in [0.717, 1.165) is 11.8 Å². The Hall–Kier alpha value is -3.26. The summed E-state index contributed by atoms with van der Waals surface area (Å²) in [4.78, 5) is 30.6. The highest BCUT2D eigenvalue weighted by molar-refractivity contribution is 8.18. The van der Waals surface area contributed by atoms with Crippen molar-refractivity contribution in [2.45, 2.75) is 0 Å². The molecule has 33 heavy (non-hydrogen) atoms. The van der Waals surface area contributed by atoms with Gasteiger partial charge in [-0.25, -0.2) is 9.79 Å². The van der Waals surface area contributed by atoms with Crippen molar-refractivity contribution in [2.75, 3.05) is 6.54 Å². The Morgan fingerprint density at radius 1 is 1.15 bits per heavy atom. The average molecular weight is 499 g/mol. The number of benzene rings is 2. The molecule has 6 nitrogen and oxygen atoms in total. The predicted octanol–water partition coefficient (Wildman–Crippen LogP) is 6.74. The number of hydrogen-bond donors (Lipinski definition) is 1. The highest BCUT2D eigenvalue weighted by atomic mass is 35.5. The van der Waals surface area contributed by atoms with Gasteiger partial charge in [-0.15, -0.1) is 6.58 Å².